The van der Waals surface area contributed by atoms with Gasteiger partial charge in [0.05, 0.1) is 19.8 Å². The highest BCUT2D eigenvalue weighted by Crippen LogP contribution is 2.22. The first-order valence-corrected chi connectivity index (χ1v) is 10.3. The van der Waals surface area contributed by atoms with Crippen molar-refractivity contribution < 1.29 is 13.9 Å². The number of rotatable bonds is 6. The monoisotopic (exact) mass is 383 g/mol. The molecule has 4 rings (SSSR count). The summed E-state index contributed by atoms with van der Waals surface area (Å²) in [6.45, 7) is 7.02. The van der Waals surface area contributed by atoms with E-state index in [2.05, 4.69) is 28.9 Å². The van der Waals surface area contributed by atoms with Gasteiger partial charge < -0.3 is 14.1 Å². The van der Waals surface area contributed by atoms with E-state index in [-0.39, 0.29) is 5.91 Å². The number of ether oxygens (including phenoxy) is 1. The quantitative estimate of drug-likeness (QED) is 0.768. The van der Waals surface area contributed by atoms with Crippen LogP contribution in [0.5, 0.6) is 0 Å². The molecule has 0 N–H and O–H groups in total. The third-order valence-electron chi connectivity index (χ3n) is 5.77. The summed E-state index contributed by atoms with van der Waals surface area (Å²) in [5, 5.41) is 0. The summed E-state index contributed by atoms with van der Waals surface area (Å²) < 4.78 is 11.4. The van der Waals surface area contributed by atoms with Crippen LogP contribution in [-0.2, 0) is 28.9 Å². The number of oxazole rings is 1. The van der Waals surface area contributed by atoms with E-state index < -0.39 is 0 Å². The smallest absolute Gasteiger partial charge is 0.222 e. The summed E-state index contributed by atoms with van der Waals surface area (Å²) in [5.41, 5.74) is 2.11. The molecule has 0 aliphatic carbocycles. The number of nitrogens with zero attached hydrogens (tertiary/aromatic N) is 3. The first-order valence-electron chi connectivity index (χ1n) is 10.3. The fourth-order valence-electron chi connectivity index (χ4n) is 4.00. The fraction of sp³-hybridized carbons (Fsp3) is 0.545. The van der Waals surface area contributed by atoms with Gasteiger partial charge in [-0.05, 0) is 18.9 Å². The van der Waals surface area contributed by atoms with Crippen molar-refractivity contribution in [2.75, 3.05) is 32.8 Å². The van der Waals surface area contributed by atoms with Gasteiger partial charge in [0.15, 0.2) is 5.89 Å². The molecule has 0 saturated carbocycles. The van der Waals surface area contributed by atoms with Gasteiger partial charge in [0.25, 0.3) is 0 Å². The van der Waals surface area contributed by atoms with Crippen LogP contribution in [0, 0.1) is 0 Å². The maximum Gasteiger partial charge on any atom is 0.222 e. The normalized spacial score (nSPS) is 18.7. The van der Waals surface area contributed by atoms with Crippen molar-refractivity contribution in [3.63, 3.8) is 0 Å². The van der Waals surface area contributed by atoms with Crippen molar-refractivity contribution in [2.24, 2.45) is 0 Å². The minimum absolute atomic E-state index is 0.221. The van der Waals surface area contributed by atoms with E-state index in [9.17, 15) is 4.79 Å². The average molecular weight is 383 g/mol. The number of morpholine rings is 1. The molecule has 0 radical (unpaired) electrons. The molecule has 6 heteroatoms. The lowest BCUT2D eigenvalue weighted by molar-refractivity contribution is -0.132. The lowest BCUT2D eigenvalue weighted by Crippen LogP contribution is -2.43. The van der Waals surface area contributed by atoms with Gasteiger partial charge in [-0.1, -0.05) is 30.3 Å². The van der Waals surface area contributed by atoms with E-state index in [1.165, 1.54) is 5.56 Å². The van der Waals surface area contributed by atoms with Crippen LogP contribution in [0.3, 0.4) is 0 Å². The lowest BCUT2D eigenvalue weighted by Gasteiger charge is -2.33. The average Bonchev–Trinajstić information content (AvgIpc) is 3.14. The largest absolute Gasteiger partial charge is 0.445 e. The molecule has 6 nitrogen and oxygen atoms in total. The molecule has 1 unspecified atom stereocenters. The molecular weight excluding hydrogens is 354 g/mol. The van der Waals surface area contributed by atoms with Crippen molar-refractivity contribution in [1.82, 2.24) is 14.8 Å². The highest BCUT2D eigenvalue weighted by Gasteiger charge is 2.26. The molecule has 0 bridgehead atoms. The molecule has 1 aromatic carbocycles. The van der Waals surface area contributed by atoms with E-state index in [0.717, 1.165) is 63.0 Å². The van der Waals surface area contributed by atoms with Crippen LogP contribution in [0.15, 0.2) is 34.7 Å². The van der Waals surface area contributed by atoms with Crippen LogP contribution in [0.4, 0.5) is 0 Å². The number of amides is 1. The standard InChI is InChI=1S/C22H29N3O3/c1-17(24-11-13-27-14-12-24)7-8-22(26)25-10-9-20-19(16-25)23-21(28-20)15-18-5-3-2-4-6-18/h2-6,17H,7-16H2,1H3. The van der Waals surface area contributed by atoms with E-state index >= 15 is 0 Å². The number of fused-ring (bicyclic) bond motifs is 1. The molecule has 28 heavy (non-hydrogen) atoms. The van der Waals surface area contributed by atoms with E-state index in [4.69, 9.17) is 9.15 Å². The van der Waals surface area contributed by atoms with Crippen molar-refractivity contribution >= 4 is 5.91 Å². The third-order valence-corrected chi connectivity index (χ3v) is 5.77. The van der Waals surface area contributed by atoms with Gasteiger partial charge in [-0.3, -0.25) is 9.69 Å². The topological polar surface area (TPSA) is 58.8 Å². The summed E-state index contributed by atoms with van der Waals surface area (Å²) in [7, 11) is 0. The number of benzene rings is 1. The van der Waals surface area contributed by atoms with E-state index in [0.29, 0.717) is 25.4 Å². The number of aromatic nitrogens is 1. The van der Waals surface area contributed by atoms with Gasteiger partial charge in [-0.25, -0.2) is 4.98 Å². The van der Waals surface area contributed by atoms with Gasteiger partial charge in [0.1, 0.15) is 11.5 Å². The Hall–Kier alpha value is -2.18. The fourth-order valence-corrected chi connectivity index (χ4v) is 4.00. The van der Waals surface area contributed by atoms with Crippen molar-refractivity contribution in [1.29, 1.82) is 0 Å². The van der Waals surface area contributed by atoms with E-state index in [1.54, 1.807) is 0 Å². The molecule has 1 saturated heterocycles. The molecule has 1 atom stereocenters. The number of hydrogen-bond donors (Lipinski definition) is 0. The van der Waals surface area contributed by atoms with Crippen LogP contribution in [-0.4, -0.2) is 59.6 Å². The van der Waals surface area contributed by atoms with Gasteiger partial charge >= 0.3 is 0 Å². The Balaban J connectivity index is 1.30. The van der Waals surface area contributed by atoms with Crippen LogP contribution in [0.2, 0.25) is 0 Å². The molecule has 3 heterocycles. The Kier molecular flexibility index (Phi) is 6.07. The first kappa shape index (κ1) is 19.2. The van der Waals surface area contributed by atoms with Crippen molar-refractivity contribution in [3.05, 3.63) is 53.2 Å². The molecule has 1 aromatic heterocycles. The van der Waals surface area contributed by atoms with Crippen molar-refractivity contribution in [2.45, 2.75) is 45.2 Å². The predicted octanol–water partition coefficient (Wildman–Crippen LogP) is 2.65. The van der Waals surface area contributed by atoms with Crippen molar-refractivity contribution in [3.8, 4) is 0 Å². The summed E-state index contributed by atoms with van der Waals surface area (Å²) in [5.74, 6) is 1.90. The summed E-state index contributed by atoms with van der Waals surface area (Å²) >= 11 is 0. The number of carbonyl (C=O) groups excluding carboxylic acids is 1. The second-order valence-corrected chi connectivity index (χ2v) is 7.74. The molecule has 2 aliphatic rings. The first-order chi connectivity index (χ1) is 13.7. The zero-order valence-corrected chi connectivity index (χ0v) is 16.6. The zero-order chi connectivity index (χ0) is 19.3. The second kappa shape index (κ2) is 8.88. The predicted molar refractivity (Wildman–Crippen MR) is 106 cm³/mol. The Morgan fingerprint density at radius 2 is 1.96 bits per heavy atom. The summed E-state index contributed by atoms with van der Waals surface area (Å²) in [6, 6.07) is 10.6. The molecule has 1 amide bonds. The van der Waals surface area contributed by atoms with Crippen LogP contribution in [0.1, 0.15) is 42.7 Å². The lowest BCUT2D eigenvalue weighted by atomic mass is 10.1. The minimum atomic E-state index is 0.221. The highest BCUT2D eigenvalue weighted by atomic mass is 16.5. The summed E-state index contributed by atoms with van der Waals surface area (Å²) in [6.07, 6.45) is 2.92. The molecule has 2 aromatic rings. The number of hydrogen-bond acceptors (Lipinski definition) is 5. The maximum atomic E-state index is 12.7. The Morgan fingerprint density at radius 3 is 2.75 bits per heavy atom. The van der Waals surface area contributed by atoms with Crippen LogP contribution in [0.25, 0.3) is 0 Å². The Bertz CT molecular complexity index is 784. The molecule has 2 aliphatic heterocycles. The molecule has 0 spiro atoms. The molecule has 1 fully saturated rings. The zero-order valence-electron chi connectivity index (χ0n) is 16.6. The number of carbonyl (C=O) groups is 1. The van der Waals surface area contributed by atoms with Gasteiger partial charge in [-0.2, -0.15) is 0 Å². The Morgan fingerprint density at radius 1 is 1.18 bits per heavy atom. The minimum Gasteiger partial charge on any atom is -0.445 e. The Labute approximate surface area is 166 Å². The molecule has 150 valence electrons. The summed E-state index contributed by atoms with van der Waals surface area (Å²) in [4.78, 5) is 21.7. The van der Waals surface area contributed by atoms with Gasteiger partial charge in [-0.15, -0.1) is 0 Å². The molecular formula is C22H29N3O3. The third kappa shape index (κ3) is 4.62. The van der Waals surface area contributed by atoms with E-state index in [1.807, 2.05) is 23.1 Å². The van der Waals surface area contributed by atoms with Gasteiger partial charge in [0.2, 0.25) is 5.91 Å². The van der Waals surface area contributed by atoms with Crippen LogP contribution >= 0.6 is 0 Å². The SMILES string of the molecule is CC(CCC(=O)N1CCc2oc(Cc3ccccc3)nc2C1)N1CCOCC1. The highest BCUT2D eigenvalue weighted by molar-refractivity contribution is 5.76. The van der Waals surface area contributed by atoms with Crippen LogP contribution < -0.4 is 0 Å². The van der Waals surface area contributed by atoms with Gasteiger partial charge in [0, 0.05) is 44.9 Å². The maximum absolute atomic E-state index is 12.7. The second-order valence-electron chi connectivity index (χ2n) is 7.74.